The predicted molar refractivity (Wildman–Crippen MR) is 63.9 cm³/mol. The van der Waals surface area contributed by atoms with Crippen LogP contribution in [0.25, 0.3) is 16.5 Å². The Hall–Kier alpha value is -1.66. The number of alkyl halides is 3. The maximum absolute atomic E-state index is 12.0. The average Bonchev–Trinajstić information content (AvgIpc) is 2.21. The van der Waals surface area contributed by atoms with Crippen molar-refractivity contribution in [3.63, 3.8) is 0 Å². The summed E-state index contributed by atoms with van der Waals surface area (Å²) < 4.78 is 40.4. The van der Waals surface area contributed by atoms with E-state index in [9.17, 15) is 13.2 Å². The fourth-order valence-electron chi connectivity index (χ4n) is 1.15. The lowest BCUT2D eigenvalue weighted by Gasteiger charge is -2.09. The van der Waals surface area contributed by atoms with Gasteiger partial charge in [-0.3, -0.25) is 0 Å². The Morgan fingerprint density at radius 1 is 1.39 bits per heavy atom. The SMILES string of the molecule is [N-]=[N+]=NCC=Cc1cc(Br)cc(OC(F)(F)F)c1. The molecule has 0 aliphatic rings. The molecular formula is C10H7BrF3N3O. The number of halogens is 4. The maximum atomic E-state index is 12.0. The highest BCUT2D eigenvalue weighted by Gasteiger charge is 2.31. The first-order valence-electron chi connectivity index (χ1n) is 4.64. The van der Waals surface area contributed by atoms with Gasteiger partial charge < -0.3 is 4.74 Å². The third-order valence-corrected chi connectivity index (χ3v) is 2.15. The molecule has 0 fully saturated rings. The second-order valence-electron chi connectivity index (χ2n) is 3.08. The molecular weight excluding hydrogens is 315 g/mol. The Kier molecular flexibility index (Phi) is 5.06. The van der Waals surface area contributed by atoms with Crippen molar-refractivity contribution in [1.29, 1.82) is 0 Å². The molecule has 0 bridgehead atoms. The topological polar surface area (TPSA) is 58.0 Å². The van der Waals surface area contributed by atoms with Crippen LogP contribution in [0.4, 0.5) is 13.2 Å². The molecule has 4 nitrogen and oxygen atoms in total. The predicted octanol–water partition coefficient (Wildman–Crippen LogP) is 4.67. The lowest BCUT2D eigenvalue weighted by atomic mass is 10.2. The van der Waals surface area contributed by atoms with Crippen molar-refractivity contribution in [1.82, 2.24) is 0 Å². The molecule has 96 valence electrons. The highest BCUT2D eigenvalue weighted by Crippen LogP contribution is 2.27. The van der Waals surface area contributed by atoms with E-state index in [0.29, 0.717) is 10.0 Å². The van der Waals surface area contributed by atoms with E-state index in [1.165, 1.54) is 24.3 Å². The van der Waals surface area contributed by atoms with Crippen LogP contribution in [0, 0.1) is 0 Å². The van der Waals surface area contributed by atoms with Gasteiger partial charge in [-0.1, -0.05) is 33.2 Å². The largest absolute Gasteiger partial charge is 0.573 e. The molecule has 8 heteroatoms. The van der Waals surface area contributed by atoms with E-state index in [1.807, 2.05) is 0 Å². The number of hydrogen-bond donors (Lipinski definition) is 0. The second-order valence-corrected chi connectivity index (χ2v) is 4.00. The van der Waals surface area contributed by atoms with Crippen molar-refractivity contribution in [2.24, 2.45) is 5.11 Å². The summed E-state index contributed by atoms with van der Waals surface area (Å²) in [5.41, 5.74) is 8.55. The monoisotopic (exact) mass is 321 g/mol. The van der Waals surface area contributed by atoms with Crippen molar-refractivity contribution in [2.45, 2.75) is 6.36 Å². The van der Waals surface area contributed by atoms with Gasteiger partial charge in [-0.25, -0.2) is 0 Å². The lowest BCUT2D eigenvalue weighted by Crippen LogP contribution is -2.17. The van der Waals surface area contributed by atoms with Crippen molar-refractivity contribution < 1.29 is 17.9 Å². The van der Waals surface area contributed by atoms with Crippen LogP contribution in [0.3, 0.4) is 0 Å². The van der Waals surface area contributed by atoms with Crippen molar-refractivity contribution >= 4 is 22.0 Å². The van der Waals surface area contributed by atoms with Gasteiger partial charge in [-0.15, -0.1) is 13.2 Å². The van der Waals surface area contributed by atoms with Gasteiger partial charge in [-0.05, 0) is 29.3 Å². The van der Waals surface area contributed by atoms with Gasteiger partial charge >= 0.3 is 6.36 Å². The van der Waals surface area contributed by atoms with Crippen LogP contribution in [0.15, 0.2) is 33.9 Å². The van der Waals surface area contributed by atoms with Crippen molar-refractivity contribution in [3.05, 3.63) is 44.8 Å². The standard InChI is InChI=1S/C10H7BrF3N3O/c11-8-4-7(2-1-3-16-17-15)5-9(6-8)18-10(12,13)14/h1-2,4-6H,3H2. The molecule has 0 aliphatic carbocycles. The molecule has 0 saturated carbocycles. The molecule has 1 aromatic carbocycles. The molecule has 1 aromatic rings. The summed E-state index contributed by atoms with van der Waals surface area (Å²) in [4.78, 5) is 2.54. The second kappa shape index (κ2) is 6.32. The summed E-state index contributed by atoms with van der Waals surface area (Å²) in [5.74, 6) is -0.319. The molecule has 0 spiro atoms. The molecule has 0 unspecified atom stereocenters. The summed E-state index contributed by atoms with van der Waals surface area (Å²) in [6.45, 7) is 0.123. The van der Waals surface area contributed by atoms with Crippen molar-refractivity contribution in [2.75, 3.05) is 6.54 Å². The maximum Gasteiger partial charge on any atom is 0.573 e. The number of azide groups is 1. The van der Waals surface area contributed by atoms with Gasteiger partial charge in [0.15, 0.2) is 0 Å². The quantitative estimate of drug-likeness (QED) is 0.451. The molecule has 18 heavy (non-hydrogen) atoms. The van der Waals surface area contributed by atoms with Crippen LogP contribution >= 0.6 is 15.9 Å². The zero-order valence-electron chi connectivity index (χ0n) is 8.86. The fraction of sp³-hybridized carbons (Fsp3) is 0.200. The Morgan fingerprint density at radius 3 is 2.72 bits per heavy atom. The summed E-state index contributed by atoms with van der Waals surface area (Å²) in [7, 11) is 0. The molecule has 0 radical (unpaired) electrons. The van der Waals surface area contributed by atoms with Crippen molar-refractivity contribution in [3.8, 4) is 5.75 Å². The van der Waals surface area contributed by atoms with Crippen LogP contribution in [0.1, 0.15) is 5.56 Å². The van der Waals surface area contributed by atoms with E-state index in [4.69, 9.17) is 5.53 Å². The van der Waals surface area contributed by atoms with E-state index >= 15 is 0 Å². The molecule has 0 aliphatic heterocycles. The van der Waals surface area contributed by atoms with E-state index in [-0.39, 0.29) is 12.3 Å². The lowest BCUT2D eigenvalue weighted by molar-refractivity contribution is -0.274. The third kappa shape index (κ3) is 5.60. The average molecular weight is 322 g/mol. The molecule has 0 N–H and O–H groups in total. The molecule has 0 saturated heterocycles. The summed E-state index contributed by atoms with van der Waals surface area (Å²) in [6, 6.07) is 4.04. The Bertz CT molecular complexity index is 496. The number of nitrogens with zero attached hydrogens (tertiary/aromatic N) is 3. The number of ether oxygens (including phenoxy) is 1. The zero-order chi connectivity index (χ0) is 13.6. The number of hydrogen-bond acceptors (Lipinski definition) is 2. The van der Waals surface area contributed by atoms with E-state index in [2.05, 4.69) is 30.7 Å². The van der Waals surface area contributed by atoms with Gasteiger partial charge in [0.1, 0.15) is 5.75 Å². The minimum absolute atomic E-state index is 0.123. The molecule has 1 rings (SSSR count). The number of rotatable bonds is 4. The smallest absolute Gasteiger partial charge is 0.406 e. The Balaban J connectivity index is 2.87. The first-order chi connectivity index (χ1) is 8.40. The van der Waals surface area contributed by atoms with Gasteiger partial charge in [0, 0.05) is 15.9 Å². The van der Waals surface area contributed by atoms with Crippen LogP contribution in [0.2, 0.25) is 0 Å². The molecule has 0 heterocycles. The third-order valence-electron chi connectivity index (χ3n) is 1.69. The molecule has 0 amide bonds. The summed E-state index contributed by atoms with van der Waals surface area (Å²) in [6.07, 6.45) is -1.67. The highest BCUT2D eigenvalue weighted by atomic mass is 79.9. The van der Waals surface area contributed by atoms with Crippen LogP contribution < -0.4 is 4.74 Å². The fourth-order valence-corrected chi connectivity index (χ4v) is 1.64. The van der Waals surface area contributed by atoms with Gasteiger partial charge in [0.25, 0.3) is 0 Å². The minimum Gasteiger partial charge on any atom is -0.406 e. The Labute approximate surface area is 109 Å². The van der Waals surface area contributed by atoms with Gasteiger partial charge in [-0.2, -0.15) is 0 Å². The first kappa shape index (κ1) is 14.4. The normalized spacial score (nSPS) is 11.3. The first-order valence-corrected chi connectivity index (χ1v) is 5.44. The summed E-state index contributed by atoms with van der Waals surface area (Å²) in [5, 5.41) is 3.26. The van der Waals surface area contributed by atoms with E-state index in [0.717, 1.165) is 0 Å². The highest BCUT2D eigenvalue weighted by molar-refractivity contribution is 9.10. The Morgan fingerprint density at radius 2 is 2.11 bits per heavy atom. The summed E-state index contributed by atoms with van der Waals surface area (Å²) >= 11 is 3.08. The molecule has 0 atom stereocenters. The zero-order valence-corrected chi connectivity index (χ0v) is 10.4. The number of benzene rings is 1. The van der Waals surface area contributed by atoms with Crippen LogP contribution in [-0.2, 0) is 0 Å². The molecule has 0 aromatic heterocycles. The minimum atomic E-state index is -4.73. The van der Waals surface area contributed by atoms with Gasteiger partial charge in [0.2, 0.25) is 0 Å². The van der Waals surface area contributed by atoms with E-state index < -0.39 is 6.36 Å². The van der Waals surface area contributed by atoms with Crippen LogP contribution in [-0.4, -0.2) is 12.9 Å². The van der Waals surface area contributed by atoms with E-state index in [1.54, 1.807) is 6.07 Å². The van der Waals surface area contributed by atoms with Crippen LogP contribution in [0.5, 0.6) is 5.75 Å². The van der Waals surface area contributed by atoms with Gasteiger partial charge in [0.05, 0.1) is 0 Å².